The first-order valence-electron chi connectivity index (χ1n) is 10.2. The molecule has 4 rings (SSSR count). The fraction of sp³-hybridized carbons (Fsp3) is 0.750. The van der Waals surface area contributed by atoms with E-state index >= 15 is 0 Å². The maximum absolute atomic E-state index is 13.0. The maximum Gasteiger partial charge on any atom is 0.325 e. The normalized spacial score (nSPS) is 35.2. The molecule has 2 amide bonds. The van der Waals surface area contributed by atoms with Crippen molar-refractivity contribution in [1.29, 1.82) is 0 Å². The van der Waals surface area contributed by atoms with Crippen molar-refractivity contribution in [2.24, 2.45) is 11.8 Å². The minimum atomic E-state index is -0.778. The molecule has 3 aliphatic heterocycles. The van der Waals surface area contributed by atoms with Crippen molar-refractivity contribution in [3.8, 4) is 0 Å². The lowest BCUT2D eigenvalue weighted by Gasteiger charge is -2.26. The van der Waals surface area contributed by atoms with Gasteiger partial charge in [0.15, 0.2) is 0 Å². The number of fused-ring (bicyclic) bond motifs is 1. The van der Waals surface area contributed by atoms with E-state index in [0.717, 1.165) is 25.7 Å². The number of amides is 2. The van der Waals surface area contributed by atoms with Gasteiger partial charge in [-0.2, -0.15) is 0 Å². The van der Waals surface area contributed by atoms with Gasteiger partial charge in [-0.15, -0.1) is 0 Å². The summed E-state index contributed by atoms with van der Waals surface area (Å²) in [5, 5.41) is 3.18. The number of likely N-dealkylation sites (tertiary alicyclic amines) is 1. The zero-order valence-corrected chi connectivity index (χ0v) is 15.8. The zero-order chi connectivity index (χ0) is 19.0. The molecule has 0 aromatic carbocycles. The lowest BCUT2D eigenvalue weighted by Crippen LogP contribution is -2.47. The quantitative estimate of drug-likeness (QED) is 0.442. The first kappa shape index (κ1) is 18.5. The van der Waals surface area contributed by atoms with Gasteiger partial charge in [0.05, 0.1) is 31.1 Å². The van der Waals surface area contributed by atoms with Crippen molar-refractivity contribution in [2.75, 3.05) is 19.7 Å². The largest absolute Gasteiger partial charge is 0.465 e. The summed E-state index contributed by atoms with van der Waals surface area (Å²) in [7, 11) is 0. The minimum Gasteiger partial charge on any atom is -0.465 e. The van der Waals surface area contributed by atoms with Crippen molar-refractivity contribution < 1.29 is 23.9 Å². The van der Waals surface area contributed by atoms with Crippen LogP contribution in [0.1, 0.15) is 45.4 Å². The predicted molar refractivity (Wildman–Crippen MR) is 96.6 cm³/mol. The third kappa shape index (κ3) is 3.26. The fourth-order valence-electron chi connectivity index (χ4n) is 5.10. The summed E-state index contributed by atoms with van der Waals surface area (Å²) in [4.78, 5) is 39.3. The fourth-order valence-corrected chi connectivity index (χ4v) is 5.10. The molecule has 3 heterocycles. The number of nitrogens with one attached hydrogen (secondary N) is 1. The Kier molecular flexibility index (Phi) is 4.97. The summed E-state index contributed by atoms with van der Waals surface area (Å²) in [6, 6.07) is 0.186. The molecular weight excluding hydrogens is 348 g/mol. The molecule has 0 radical (unpaired) electrons. The monoisotopic (exact) mass is 376 g/mol. The van der Waals surface area contributed by atoms with Crippen LogP contribution in [-0.4, -0.2) is 60.1 Å². The topological polar surface area (TPSA) is 84.9 Å². The SMILES string of the molecule is CCOC(=O)CN1CC23C=CC(O2)[C@@H](C(=O)NC2CCCCCC2)[C@H]3C1=O. The van der Waals surface area contributed by atoms with E-state index in [-0.39, 0.29) is 37.1 Å². The molecule has 0 aromatic rings. The van der Waals surface area contributed by atoms with Gasteiger partial charge in [0.1, 0.15) is 12.1 Å². The molecule has 3 fully saturated rings. The van der Waals surface area contributed by atoms with Gasteiger partial charge in [0, 0.05) is 6.04 Å². The zero-order valence-electron chi connectivity index (χ0n) is 15.8. The van der Waals surface area contributed by atoms with Gasteiger partial charge in [-0.1, -0.05) is 37.8 Å². The number of rotatable bonds is 5. The van der Waals surface area contributed by atoms with E-state index in [1.54, 1.807) is 6.92 Å². The molecule has 1 N–H and O–H groups in total. The lowest BCUT2D eigenvalue weighted by atomic mass is 9.76. The number of nitrogens with zero attached hydrogens (tertiary/aromatic N) is 1. The molecule has 1 saturated carbocycles. The van der Waals surface area contributed by atoms with Crippen LogP contribution in [0.15, 0.2) is 12.2 Å². The van der Waals surface area contributed by atoms with Gasteiger partial charge >= 0.3 is 5.97 Å². The van der Waals surface area contributed by atoms with Gasteiger partial charge in [-0.05, 0) is 19.8 Å². The van der Waals surface area contributed by atoms with Crippen molar-refractivity contribution in [3.05, 3.63) is 12.2 Å². The van der Waals surface area contributed by atoms with Gasteiger partial charge in [-0.25, -0.2) is 0 Å². The molecule has 7 nitrogen and oxygen atoms in total. The van der Waals surface area contributed by atoms with Crippen LogP contribution in [0.25, 0.3) is 0 Å². The van der Waals surface area contributed by atoms with Crippen LogP contribution >= 0.6 is 0 Å². The smallest absolute Gasteiger partial charge is 0.325 e. The van der Waals surface area contributed by atoms with E-state index in [1.165, 1.54) is 17.7 Å². The molecule has 148 valence electrons. The van der Waals surface area contributed by atoms with Crippen LogP contribution in [0.4, 0.5) is 0 Å². The Morgan fingerprint density at radius 3 is 2.74 bits per heavy atom. The standard InChI is InChI=1S/C20H28N2O5/c1-2-26-15(23)11-22-12-20-10-9-14(27-20)16(17(20)19(22)25)18(24)21-13-7-5-3-4-6-8-13/h9-10,13-14,16-17H,2-8,11-12H2,1H3,(H,21,24)/t14?,16-,17+,20?/m1/s1. The molecule has 1 spiro atoms. The highest BCUT2D eigenvalue weighted by Crippen LogP contribution is 2.51. The second-order valence-electron chi connectivity index (χ2n) is 8.10. The molecule has 0 aromatic heterocycles. The number of carbonyl (C=O) groups excluding carboxylic acids is 3. The van der Waals surface area contributed by atoms with Crippen LogP contribution in [-0.2, 0) is 23.9 Å². The molecule has 2 bridgehead atoms. The third-order valence-corrected chi connectivity index (χ3v) is 6.31. The van der Waals surface area contributed by atoms with Crippen LogP contribution in [0.3, 0.4) is 0 Å². The number of ether oxygens (including phenoxy) is 2. The average Bonchev–Trinajstić information content (AvgIpc) is 3.17. The molecule has 2 unspecified atom stereocenters. The van der Waals surface area contributed by atoms with Gasteiger partial charge in [-0.3, -0.25) is 14.4 Å². The van der Waals surface area contributed by atoms with E-state index in [9.17, 15) is 14.4 Å². The Hall–Kier alpha value is -1.89. The Morgan fingerprint density at radius 1 is 1.30 bits per heavy atom. The van der Waals surface area contributed by atoms with E-state index in [1.807, 2.05) is 12.2 Å². The number of esters is 1. The van der Waals surface area contributed by atoms with E-state index in [4.69, 9.17) is 9.47 Å². The van der Waals surface area contributed by atoms with Crippen LogP contribution in [0.5, 0.6) is 0 Å². The van der Waals surface area contributed by atoms with Crippen LogP contribution in [0.2, 0.25) is 0 Å². The predicted octanol–water partition coefficient (Wildman–Crippen LogP) is 1.17. The molecule has 2 saturated heterocycles. The summed E-state index contributed by atoms with van der Waals surface area (Å²) < 4.78 is 11.1. The highest BCUT2D eigenvalue weighted by Gasteiger charge is 2.67. The van der Waals surface area contributed by atoms with E-state index in [2.05, 4.69) is 5.32 Å². The van der Waals surface area contributed by atoms with Crippen molar-refractivity contribution in [3.63, 3.8) is 0 Å². The Balaban J connectivity index is 1.47. The summed E-state index contributed by atoms with van der Waals surface area (Å²) >= 11 is 0. The second-order valence-corrected chi connectivity index (χ2v) is 8.10. The number of carbonyl (C=O) groups is 3. The summed E-state index contributed by atoms with van der Waals surface area (Å²) in [6.45, 7) is 2.22. The summed E-state index contributed by atoms with van der Waals surface area (Å²) in [5.74, 6) is -1.77. The molecule has 1 aliphatic carbocycles. The van der Waals surface area contributed by atoms with E-state index in [0.29, 0.717) is 6.54 Å². The lowest BCUT2D eigenvalue weighted by molar-refractivity contribution is -0.149. The van der Waals surface area contributed by atoms with Gasteiger partial charge in [0.25, 0.3) is 0 Å². The third-order valence-electron chi connectivity index (χ3n) is 6.31. The molecule has 4 atom stereocenters. The van der Waals surface area contributed by atoms with Crippen molar-refractivity contribution in [1.82, 2.24) is 10.2 Å². The Morgan fingerprint density at radius 2 is 2.04 bits per heavy atom. The Bertz CT molecular complexity index is 655. The van der Waals surface area contributed by atoms with Crippen LogP contribution in [0, 0.1) is 11.8 Å². The first-order valence-corrected chi connectivity index (χ1v) is 10.2. The molecule has 7 heteroatoms. The van der Waals surface area contributed by atoms with Crippen molar-refractivity contribution >= 4 is 17.8 Å². The molecular formula is C20H28N2O5. The molecule has 4 aliphatic rings. The highest BCUT2D eigenvalue weighted by molar-refractivity contribution is 5.94. The minimum absolute atomic E-state index is 0.0885. The van der Waals surface area contributed by atoms with Gasteiger partial charge in [0.2, 0.25) is 11.8 Å². The van der Waals surface area contributed by atoms with E-state index < -0.39 is 23.4 Å². The molecule has 27 heavy (non-hydrogen) atoms. The summed E-state index contributed by atoms with van der Waals surface area (Å²) in [6.07, 6.45) is 10.2. The number of hydrogen-bond acceptors (Lipinski definition) is 5. The first-order chi connectivity index (χ1) is 13.0. The second kappa shape index (κ2) is 7.26. The van der Waals surface area contributed by atoms with Crippen molar-refractivity contribution in [2.45, 2.75) is 63.2 Å². The Labute approximate surface area is 159 Å². The summed E-state index contributed by atoms with van der Waals surface area (Å²) in [5.41, 5.74) is -0.778. The maximum atomic E-state index is 13.0. The average molecular weight is 376 g/mol. The number of hydrogen-bond donors (Lipinski definition) is 1. The van der Waals surface area contributed by atoms with Gasteiger partial charge < -0.3 is 19.7 Å². The van der Waals surface area contributed by atoms with Crippen LogP contribution < -0.4 is 5.32 Å². The highest BCUT2D eigenvalue weighted by atomic mass is 16.5.